The van der Waals surface area contributed by atoms with Crippen molar-refractivity contribution < 1.29 is 9.18 Å². The smallest absolute Gasteiger partial charge is 0.234 e. The van der Waals surface area contributed by atoms with Crippen LogP contribution >= 0.6 is 0 Å². The van der Waals surface area contributed by atoms with Gasteiger partial charge in [-0.2, -0.15) is 0 Å². The van der Waals surface area contributed by atoms with Crippen LogP contribution in [0.15, 0.2) is 24.3 Å². The van der Waals surface area contributed by atoms with Gasteiger partial charge in [-0.05, 0) is 26.0 Å². The molecule has 0 atom stereocenters. The van der Waals surface area contributed by atoms with Crippen LogP contribution in [0.5, 0.6) is 0 Å². The van der Waals surface area contributed by atoms with Crippen LogP contribution in [0.4, 0.5) is 4.39 Å². The average Bonchev–Trinajstić information content (AvgIpc) is 2.99. The molecule has 4 heteroatoms. The van der Waals surface area contributed by atoms with Crippen LogP contribution in [0.2, 0.25) is 0 Å². The van der Waals surface area contributed by atoms with Crippen LogP contribution in [0, 0.1) is 5.82 Å². The number of halogens is 1. The summed E-state index contributed by atoms with van der Waals surface area (Å²) in [6.07, 6.45) is 1.62. The van der Waals surface area contributed by atoms with E-state index >= 15 is 0 Å². The van der Waals surface area contributed by atoms with E-state index in [0.29, 0.717) is 5.56 Å². The lowest BCUT2D eigenvalue weighted by atomic mass is 10.0. The van der Waals surface area contributed by atoms with E-state index in [1.807, 2.05) is 0 Å². The summed E-state index contributed by atoms with van der Waals surface area (Å²) in [5.74, 6) is -0.340. The second-order valence-electron chi connectivity index (χ2n) is 4.14. The molecule has 0 aromatic heterocycles. The molecule has 0 heterocycles. The first kappa shape index (κ1) is 11.1. The Morgan fingerprint density at radius 3 is 2.69 bits per heavy atom. The molecule has 0 aliphatic heterocycles. The summed E-state index contributed by atoms with van der Waals surface area (Å²) in [7, 11) is 1.71. The van der Waals surface area contributed by atoms with Crippen molar-refractivity contribution in [3.63, 3.8) is 0 Å². The van der Waals surface area contributed by atoms with Crippen LogP contribution in [-0.2, 0) is 10.3 Å². The number of nitrogens with one attached hydrogen (secondary N) is 2. The van der Waals surface area contributed by atoms with Crippen molar-refractivity contribution in [1.82, 2.24) is 10.6 Å². The first-order valence-electron chi connectivity index (χ1n) is 5.38. The minimum atomic E-state index is -0.459. The fraction of sp³-hybridized carbons (Fsp3) is 0.417. The summed E-state index contributed by atoms with van der Waals surface area (Å²) in [5, 5.41) is 5.66. The van der Waals surface area contributed by atoms with Crippen molar-refractivity contribution in [3.05, 3.63) is 35.6 Å². The summed E-state index contributed by atoms with van der Waals surface area (Å²) >= 11 is 0. The Morgan fingerprint density at radius 2 is 2.12 bits per heavy atom. The van der Waals surface area contributed by atoms with E-state index in [1.165, 1.54) is 6.07 Å². The maximum atomic E-state index is 13.6. The van der Waals surface area contributed by atoms with E-state index in [9.17, 15) is 9.18 Å². The normalized spacial score (nSPS) is 16.9. The molecular formula is C12H15FN2O. The van der Waals surface area contributed by atoms with Crippen LogP contribution in [0.1, 0.15) is 18.4 Å². The first-order chi connectivity index (χ1) is 7.68. The third kappa shape index (κ3) is 2.07. The fourth-order valence-electron chi connectivity index (χ4n) is 1.91. The van der Waals surface area contributed by atoms with Gasteiger partial charge in [0.05, 0.1) is 12.1 Å². The Kier molecular flexibility index (Phi) is 2.92. The van der Waals surface area contributed by atoms with Gasteiger partial charge in [-0.15, -0.1) is 0 Å². The summed E-state index contributed by atoms with van der Waals surface area (Å²) < 4.78 is 13.6. The van der Waals surface area contributed by atoms with E-state index in [4.69, 9.17) is 0 Å². The molecule has 0 saturated heterocycles. The lowest BCUT2D eigenvalue weighted by Crippen LogP contribution is -2.40. The van der Waals surface area contributed by atoms with Gasteiger partial charge in [-0.3, -0.25) is 4.79 Å². The molecular weight excluding hydrogens is 207 g/mol. The molecule has 1 saturated carbocycles. The van der Waals surface area contributed by atoms with Gasteiger partial charge in [-0.1, -0.05) is 18.2 Å². The number of amides is 1. The second kappa shape index (κ2) is 4.22. The average molecular weight is 222 g/mol. The predicted octanol–water partition coefficient (Wildman–Crippen LogP) is 1.15. The molecule has 86 valence electrons. The van der Waals surface area contributed by atoms with Gasteiger partial charge in [0.25, 0.3) is 0 Å². The number of carbonyl (C=O) groups excluding carboxylic acids is 1. The van der Waals surface area contributed by atoms with Gasteiger partial charge in [0.15, 0.2) is 0 Å². The van der Waals surface area contributed by atoms with E-state index < -0.39 is 5.54 Å². The number of hydrogen-bond acceptors (Lipinski definition) is 2. The van der Waals surface area contributed by atoms with E-state index in [0.717, 1.165) is 12.8 Å². The zero-order chi connectivity index (χ0) is 11.6. The third-order valence-electron chi connectivity index (χ3n) is 2.86. The Balaban J connectivity index is 2.14. The molecule has 1 aliphatic carbocycles. The summed E-state index contributed by atoms with van der Waals surface area (Å²) in [6.45, 7) is 0.260. The van der Waals surface area contributed by atoms with Crippen LogP contribution in [0.3, 0.4) is 0 Å². The fourth-order valence-corrected chi connectivity index (χ4v) is 1.91. The van der Waals surface area contributed by atoms with E-state index in [1.54, 1.807) is 25.2 Å². The lowest BCUT2D eigenvalue weighted by molar-refractivity contribution is -0.121. The number of likely N-dealkylation sites (N-methyl/N-ethyl adjacent to an activating group) is 1. The third-order valence-corrected chi connectivity index (χ3v) is 2.86. The highest BCUT2D eigenvalue weighted by Gasteiger charge is 2.47. The maximum Gasteiger partial charge on any atom is 0.234 e. The van der Waals surface area contributed by atoms with Crippen molar-refractivity contribution in [2.24, 2.45) is 0 Å². The summed E-state index contributed by atoms with van der Waals surface area (Å²) in [5.41, 5.74) is 0.138. The molecule has 0 spiro atoms. The van der Waals surface area contributed by atoms with Gasteiger partial charge in [0.1, 0.15) is 5.82 Å². The molecule has 3 nitrogen and oxygen atoms in total. The lowest BCUT2D eigenvalue weighted by Gasteiger charge is -2.18. The highest BCUT2D eigenvalue weighted by atomic mass is 19.1. The highest BCUT2D eigenvalue weighted by molar-refractivity contribution is 5.79. The Bertz CT molecular complexity index is 402. The van der Waals surface area contributed by atoms with Gasteiger partial charge < -0.3 is 10.6 Å². The predicted molar refractivity (Wildman–Crippen MR) is 59.4 cm³/mol. The highest BCUT2D eigenvalue weighted by Crippen LogP contribution is 2.46. The number of benzene rings is 1. The molecule has 0 bridgehead atoms. The topological polar surface area (TPSA) is 41.1 Å². The van der Waals surface area contributed by atoms with Crippen molar-refractivity contribution in [2.75, 3.05) is 13.6 Å². The zero-order valence-electron chi connectivity index (χ0n) is 9.22. The SMILES string of the molecule is CNCC(=O)NC1(c2ccccc2F)CC1. The monoisotopic (exact) mass is 222 g/mol. The quantitative estimate of drug-likeness (QED) is 0.802. The Hall–Kier alpha value is -1.42. The molecule has 1 aromatic rings. The zero-order valence-corrected chi connectivity index (χ0v) is 9.22. The number of rotatable bonds is 4. The molecule has 0 unspecified atom stereocenters. The number of carbonyl (C=O) groups is 1. The first-order valence-corrected chi connectivity index (χ1v) is 5.38. The molecule has 1 fully saturated rings. The maximum absolute atomic E-state index is 13.6. The molecule has 16 heavy (non-hydrogen) atoms. The van der Waals surface area contributed by atoms with Crippen LogP contribution in [0.25, 0.3) is 0 Å². The summed E-state index contributed by atoms with van der Waals surface area (Å²) in [4.78, 5) is 11.5. The van der Waals surface area contributed by atoms with Crippen molar-refractivity contribution in [3.8, 4) is 0 Å². The van der Waals surface area contributed by atoms with Gasteiger partial charge in [0, 0.05) is 5.56 Å². The van der Waals surface area contributed by atoms with Crippen molar-refractivity contribution in [1.29, 1.82) is 0 Å². The Labute approximate surface area is 94.0 Å². The van der Waals surface area contributed by atoms with Crippen molar-refractivity contribution >= 4 is 5.91 Å². The largest absolute Gasteiger partial charge is 0.345 e. The Morgan fingerprint density at radius 1 is 1.44 bits per heavy atom. The van der Waals surface area contributed by atoms with Gasteiger partial charge in [-0.25, -0.2) is 4.39 Å². The molecule has 1 amide bonds. The molecule has 2 N–H and O–H groups in total. The molecule has 2 rings (SSSR count). The van der Waals surface area contributed by atoms with Crippen molar-refractivity contribution in [2.45, 2.75) is 18.4 Å². The summed E-state index contributed by atoms with van der Waals surface area (Å²) in [6, 6.07) is 6.62. The van der Waals surface area contributed by atoms with E-state index in [-0.39, 0.29) is 18.3 Å². The van der Waals surface area contributed by atoms with E-state index in [2.05, 4.69) is 10.6 Å². The molecule has 0 radical (unpaired) electrons. The second-order valence-corrected chi connectivity index (χ2v) is 4.14. The molecule has 1 aromatic carbocycles. The van der Waals surface area contributed by atoms with Crippen LogP contribution in [-0.4, -0.2) is 19.5 Å². The minimum absolute atomic E-state index is 0.0942. The number of hydrogen-bond donors (Lipinski definition) is 2. The van der Waals surface area contributed by atoms with Gasteiger partial charge >= 0.3 is 0 Å². The minimum Gasteiger partial charge on any atom is -0.345 e. The molecule has 1 aliphatic rings. The van der Waals surface area contributed by atoms with Gasteiger partial charge in [0.2, 0.25) is 5.91 Å². The van der Waals surface area contributed by atoms with Crippen LogP contribution < -0.4 is 10.6 Å². The standard InChI is InChI=1S/C12H15FN2O/c1-14-8-11(16)15-12(6-7-12)9-4-2-3-5-10(9)13/h2-5,14H,6-8H2,1H3,(H,15,16).